The topological polar surface area (TPSA) is 130 Å². The first-order chi connectivity index (χ1) is 34.2. The standard InChI is InChI=1S/2C25H31F3N6O2/c1-17(35)30(2)22-10-29-34(16-22)24(36)33-14-19-12-31(13-20(19)15-33)11-18-9-21(32-7-3-4-8-32)5-6-23(18)25(26,27)28;1-17(35)30(2)22-10-29-34(16-22)24(36)33-14-19-12-31(13-20(19)15-33)11-18-9-21(25(26,27)28)5-6-23(18)32-7-3-4-8-32/h2*5-6,9-10,16,19-20H,3-4,7-8,11-15H2,1-2H3. The Bertz CT molecular complexity index is 2610. The second kappa shape index (κ2) is 20.4. The van der Waals surface area contributed by atoms with E-state index in [2.05, 4.69) is 29.8 Å². The van der Waals surface area contributed by atoms with Crippen molar-refractivity contribution in [1.29, 1.82) is 0 Å². The summed E-state index contributed by atoms with van der Waals surface area (Å²) in [5.41, 5.74) is 2.72. The van der Waals surface area contributed by atoms with Gasteiger partial charge in [0.05, 0.1) is 47.3 Å². The van der Waals surface area contributed by atoms with Crippen molar-refractivity contribution in [1.82, 2.24) is 39.2 Å². The zero-order valence-electron chi connectivity index (χ0n) is 41.1. The summed E-state index contributed by atoms with van der Waals surface area (Å²) in [6, 6.07) is 8.18. The number of carbonyl (C=O) groups is 4. The molecule has 16 nitrogen and oxygen atoms in total. The Morgan fingerprint density at radius 3 is 1.44 bits per heavy atom. The minimum absolute atomic E-state index is 0.147. The molecular weight excluding hydrogens is 947 g/mol. The summed E-state index contributed by atoms with van der Waals surface area (Å²) in [5, 5.41) is 8.24. The van der Waals surface area contributed by atoms with E-state index in [9.17, 15) is 45.5 Å². The van der Waals surface area contributed by atoms with E-state index >= 15 is 0 Å². The zero-order chi connectivity index (χ0) is 51.2. The first kappa shape index (κ1) is 50.8. The van der Waals surface area contributed by atoms with Crippen LogP contribution in [0.4, 0.5) is 58.7 Å². The second-order valence-corrected chi connectivity index (χ2v) is 20.3. The fourth-order valence-corrected chi connectivity index (χ4v) is 11.4. The molecular formula is C50H62F6N12O4. The highest BCUT2D eigenvalue weighted by Crippen LogP contribution is 2.40. The number of halogens is 6. The quantitative estimate of drug-likeness (QED) is 0.170. The Balaban J connectivity index is 0.000000178. The number of hydrogen-bond acceptors (Lipinski definition) is 10. The molecule has 0 saturated carbocycles. The van der Waals surface area contributed by atoms with Crippen LogP contribution in [0.15, 0.2) is 61.2 Å². The van der Waals surface area contributed by atoms with Crippen molar-refractivity contribution in [2.45, 2.75) is 65.0 Å². The van der Waals surface area contributed by atoms with Crippen molar-refractivity contribution in [2.24, 2.45) is 23.7 Å². The molecule has 0 aliphatic carbocycles. The first-order valence-corrected chi connectivity index (χ1v) is 24.7. The molecule has 4 aromatic rings. The molecule has 2 aromatic heterocycles. The smallest absolute Gasteiger partial charge is 0.372 e. The van der Waals surface area contributed by atoms with Crippen LogP contribution < -0.4 is 19.6 Å². The number of anilines is 4. The van der Waals surface area contributed by atoms with Gasteiger partial charge in [-0.1, -0.05) is 0 Å². The van der Waals surface area contributed by atoms with Crippen LogP contribution in [0.1, 0.15) is 61.8 Å². The highest BCUT2D eigenvalue weighted by Gasteiger charge is 2.44. The van der Waals surface area contributed by atoms with E-state index in [-0.39, 0.29) is 54.1 Å². The molecule has 388 valence electrons. The normalized spacial score (nSPS) is 22.4. The minimum Gasteiger partial charge on any atom is -0.372 e. The van der Waals surface area contributed by atoms with Gasteiger partial charge in [-0.05, 0) is 96.9 Å². The summed E-state index contributed by atoms with van der Waals surface area (Å²) in [4.78, 5) is 64.1. The van der Waals surface area contributed by atoms with Crippen molar-refractivity contribution in [3.63, 3.8) is 0 Å². The molecule has 0 spiro atoms. The van der Waals surface area contributed by atoms with Gasteiger partial charge >= 0.3 is 24.4 Å². The molecule has 8 heterocycles. The number of carbonyl (C=O) groups excluding carboxylic acids is 4. The number of benzene rings is 2. The number of fused-ring (bicyclic) bond motifs is 2. The van der Waals surface area contributed by atoms with Crippen molar-refractivity contribution >= 4 is 46.6 Å². The lowest BCUT2D eigenvalue weighted by Gasteiger charge is -2.26. The molecule has 4 atom stereocenters. The number of likely N-dealkylation sites (tertiary alicyclic amines) is 4. The Kier molecular flexibility index (Phi) is 14.4. The van der Waals surface area contributed by atoms with E-state index in [4.69, 9.17) is 0 Å². The van der Waals surface area contributed by atoms with E-state index in [1.807, 2.05) is 0 Å². The number of nitrogens with zero attached hydrogens (tertiary/aromatic N) is 12. The number of alkyl halides is 6. The van der Waals surface area contributed by atoms with Crippen molar-refractivity contribution in [2.75, 3.05) is 112 Å². The van der Waals surface area contributed by atoms with Crippen LogP contribution in [-0.4, -0.2) is 156 Å². The van der Waals surface area contributed by atoms with Crippen LogP contribution >= 0.6 is 0 Å². The maximum Gasteiger partial charge on any atom is 0.416 e. The van der Waals surface area contributed by atoms with E-state index in [1.54, 1.807) is 48.3 Å². The highest BCUT2D eigenvalue weighted by molar-refractivity contribution is 5.91. The summed E-state index contributed by atoms with van der Waals surface area (Å²) in [6.45, 7) is 12.1. The van der Waals surface area contributed by atoms with Crippen LogP contribution in [0.2, 0.25) is 0 Å². The maximum atomic E-state index is 13.8. The van der Waals surface area contributed by atoms with Gasteiger partial charge in [0.1, 0.15) is 0 Å². The predicted molar refractivity (Wildman–Crippen MR) is 258 cm³/mol. The highest BCUT2D eigenvalue weighted by atomic mass is 19.4. The number of rotatable bonds is 8. The fourth-order valence-electron chi connectivity index (χ4n) is 11.4. The third-order valence-electron chi connectivity index (χ3n) is 15.4. The van der Waals surface area contributed by atoms with Crippen LogP contribution in [0.25, 0.3) is 0 Å². The summed E-state index contributed by atoms with van der Waals surface area (Å²) in [7, 11) is 3.25. The Labute approximate surface area is 414 Å². The Morgan fingerprint density at radius 1 is 0.569 bits per heavy atom. The molecule has 6 saturated heterocycles. The first-order valence-electron chi connectivity index (χ1n) is 24.7. The summed E-state index contributed by atoms with van der Waals surface area (Å²) < 4.78 is 84.1. The van der Waals surface area contributed by atoms with E-state index in [0.29, 0.717) is 62.8 Å². The molecule has 2 aromatic carbocycles. The van der Waals surface area contributed by atoms with Crippen LogP contribution in [-0.2, 0) is 35.0 Å². The number of aromatic nitrogens is 4. The van der Waals surface area contributed by atoms with Gasteiger partial charge in [-0.3, -0.25) is 19.4 Å². The van der Waals surface area contributed by atoms with Crippen LogP contribution in [0.5, 0.6) is 0 Å². The average Bonchev–Trinajstić information content (AvgIpc) is 4.18. The molecule has 10 rings (SSSR count). The molecule has 4 unspecified atom stereocenters. The maximum absolute atomic E-state index is 13.8. The van der Waals surface area contributed by atoms with Crippen LogP contribution in [0.3, 0.4) is 0 Å². The number of amides is 4. The van der Waals surface area contributed by atoms with Gasteiger partial charge in [-0.15, -0.1) is 0 Å². The Hall–Kier alpha value is -6.16. The van der Waals surface area contributed by atoms with Gasteiger partial charge in [-0.2, -0.15) is 45.9 Å². The molecule has 6 fully saturated rings. The zero-order valence-corrected chi connectivity index (χ0v) is 41.1. The molecule has 6 aliphatic heterocycles. The van der Waals surface area contributed by atoms with Gasteiger partial charge in [0.25, 0.3) is 0 Å². The molecule has 22 heteroatoms. The van der Waals surface area contributed by atoms with Gasteiger partial charge in [-0.25, -0.2) is 9.59 Å². The van der Waals surface area contributed by atoms with Gasteiger partial charge < -0.3 is 29.4 Å². The van der Waals surface area contributed by atoms with Crippen molar-refractivity contribution < 1.29 is 45.5 Å². The number of hydrogen-bond donors (Lipinski definition) is 0. The van der Waals surface area contributed by atoms with E-state index < -0.39 is 23.5 Å². The second-order valence-electron chi connectivity index (χ2n) is 20.3. The average molecular weight is 1010 g/mol. The van der Waals surface area contributed by atoms with Gasteiger partial charge in [0, 0.05) is 131 Å². The lowest BCUT2D eigenvalue weighted by molar-refractivity contribution is -0.139. The monoisotopic (exact) mass is 1010 g/mol. The fraction of sp³-hybridized carbons (Fsp3) is 0.560. The van der Waals surface area contributed by atoms with Crippen molar-refractivity contribution in [3.05, 3.63) is 83.4 Å². The lowest BCUT2D eigenvalue weighted by Crippen LogP contribution is -2.36. The summed E-state index contributed by atoms with van der Waals surface area (Å²) >= 11 is 0. The minimum atomic E-state index is -4.39. The molecule has 4 amide bonds. The lowest BCUT2D eigenvalue weighted by atomic mass is 10.0. The Morgan fingerprint density at radius 2 is 1.01 bits per heavy atom. The summed E-state index contributed by atoms with van der Waals surface area (Å²) in [5.74, 6) is 0.652. The molecule has 0 N–H and O–H groups in total. The van der Waals surface area contributed by atoms with E-state index in [1.165, 1.54) is 69.8 Å². The van der Waals surface area contributed by atoms with Gasteiger partial charge in [0.2, 0.25) is 11.8 Å². The molecule has 0 radical (unpaired) electrons. The largest absolute Gasteiger partial charge is 0.416 e. The summed E-state index contributed by atoms with van der Waals surface area (Å²) in [6.07, 6.45) is 1.54. The third-order valence-corrected chi connectivity index (χ3v) is 15.4. The molecule has 0 bridgehead atoms. The molecule has 6 aliphatic rings. The van der Waals surface area contributed by atoms with Gasteiger partial charge in [0.15, 0.2) is 0 Å². The van der Waals surface area contributed by atoms with E-state index in [0.717, 1.165) is 81.9 Å². The SMILES string of the molecule is CC(=O)N(C)c1cnn(C(=O)N2CC3CN(Cc4cc(C(F)(F)F)ccc4N4CCCC4)CC3C2)c1.CC(=O)N(C)c1cnn(C(=O)N2CC3CN(Cc4cc(N5CCCC5)ccc4C(F)(F)F)CC3C2)c1. The predicted octanol–water partition coefficient (Wildman–Crippen LogP) is 7.03. The third kappa shape index (κ3) is 10.9. The van der Waals surface area contributed by atoms with Crippen molar-refractivity contribution in [3.8, 4) is 0 Å². The van der Waals surface area contributed by atoms with Crippen LogP contribution in [0, 0.1) is 23.7 Å². The molecule has 72 heavy (non-hydrogen) atoms.